The van der Waals surface area contributed by atoms with Gasteiger partial charge in [-0.3, -0.25) is 4.79 Å². The van der Waals surface area contributed by atoms with Gasteiger partial charge < -0.3 is 15.0 Å². The van der Waals surface area contributed by atoms with Crippen LogP contribution in [0.5, 0.6) is 0 Å². The zero-order valence-electron chi connectivity index (χ0n) is 19.7. The number of carbonyl (C=O) groups is 1. The van der Waals surface area contributed by atoms with Crippen LogP contribution in [-0.2, 0) is 27.7 Å². The quantitative estimate of drug-likeness (QED) is 0.587. The molecule has 1 fully saturated rings. The van der Waals surface area contributed by atoms with E-state index in [-0.39, 0.29) is 10.8 Å². The van der Waals surface area contributed by atoms with Crippen molar-refractivity contribution in [3.05, 3.63) is 89.0 Å². The molecular formula is C27H29N3O4S. The van der Waals surface area contributed by atoms with Crippen molar-refractivity contribution in [2.45, 2.75) is 24.8 Å². The molecule has 3 aromatic rings. The summed E-state index contributed by atoms with van der Waals surface area (Å²) in [5, 5.41) is 2.89. The number of hydrogen-bond acceptors (Lipinski definition) is 5. The van der Waals surface area contributed by atoms with Crippen molar-refractivity contribution >= 4 is 27.3 Å². The van der Waals surface area contributed by atoms with Crippen molar-refractivity contribution in [3.8, 4) is 0 Å². The van der Waals surface area contributed by atoms with E-state index in [1.807, 2.05) is 31.2 Å². The molecule has 0 saturated carbocycles. The Morgan fingerprint density at radius 3 is 2.37 bits per heavy atom. The summed E-state index contributed by atoms with van der Waals surface area (Å²) in [6.45, 7) is 5.05. The lowest BCUT2D eigenvalue weighted by Gasteiger charge is -2.30. The molecule has 0 radical (unpaired) electrons. The van der Waals surface area contributed by atoms with Crippen molar-refractivity contribution in [1.82, 2.24) is 4.31 Å². The molecule has 8 heteroatoms. The summed E-state index contributed by atoms with van der Waals surface area (Å²) in [4.78, 5) is 15.5. The van der Waals surface area contributed by atoms with E-state index in [0.29, 0.717) is 37.6 Å². The van der Waals surface area contributed by atoms with Gasteiger partial charge in [-0.2, -0.15) is 4.31 Å². The number of sulfonamides is 1. The summed E-state index contributed by atoms with van der Waals surface area (Å²) in [5.41, 5.74) is 5.61. The smallest absolute Gasteiger partial charge is 0.255 e. The maximum Gasteiger partial charge on any atom is 0.255 e. The van der Waals surface area contributed by atoms with Crippen LogP contribution in [0.4, 0.5) is 11.4 Å². The minimum Gasteiger partial charge on any atom is -0.379 e. The Hall–Kier alpha value is -3.20. The van der Waals surface area contributed by atoms with Gasteiger partial charge in [-0.25, -0.2) is 8.42 Å². The summed E-state index contributed by atoms with van der Waals surface area (Å²) in [7, 11) is -3.64. The molecule has 1 saturated heterocycles. The zero-order chi connectivity index (χ0) is 24.4. The van der Waals surface area contributed by atoms with E-state index in [0.717, 1.165) is 30.8 Å². The van der Waals surface area contributed by atoms with Gasteiger partial charge in [-0.05, 0) is 66.4 Å². The Morgan fingerprint density at radius 2 is 1.63 bits per heavy atom. The van der Waals surface area contributed by atoms with Gasteiger partial charge in [0, 0.05) is 43.1 Å². The van der Waals surface area contributed by atoms with Crippen molar-refractivity contribution in [2.24, 2.45) is 0 Å². The van der Waals surface area contributed by atoms with Gasteiger partial charge in [0.15, 0.2) is 0 Å². The van der Waals surface area contributed by atoms with E-state index >= 15 is 0 Å². The number of ether oxygens (including phenoxy) is 1. The number of morpholine rings is 1. The second-order valence-corrected chi connectivity index (χ2v) is 10.9. The number of anilines is 2. The van der Waals surface area contributed by atoms with Crippen LogP contribution in [0.1, 0.15) is 27.0 Å². The Morgan fingerprint density at radius 1 is 0.914 bits per heavy atom. The predicted octanol–water partition coefficient (Wildman–Crippen LogP) is 3.83. The highest BCUT2D eigenvalue weighted by Crippen LogP contribution is 2.26. The number of carbonyl (C=O) groups excluding carboxylic acids is 1. The standard InChI is InChI=1S/C27H29N3O4S/c1-20-6-11-25(35(32,33)30-14-16-34-17-15-30)18-26(20)28-27(31)22-7-9-24(10-8-22)29-13-12-21-4-2-3-5-23(21)19-29/h2-11,18H,12-17,19H2,1H3,(H,28,31). The topological polar surface area (TPSA) is 79.0 Å². The number of amides is 1. The predicted molar refractivity (Wildman–Crippen MR) is 136 cm³/mol. The molecule has 0 bridgehead atoms. The summed E-state index contributed by atoms with van der Waals surface area (Å²) in [5.74, 6) is -0.274. The summed E-state index contributed by atoms with van der Waals surface area (Å²) in [6, 6.07) is 20.9. The number of hydrogen-bond donors (Lipinski definition) is 1. The normalized spacial score (nSPS) is 16.5. The second kappa shape index (κ2) is 9.81. The van der Waals surface area contributed by atoms with E-state index in [9.17, 15) is 13.2 Å². The Balaban J connectivity index is 1.30. The highest BCUT2D eigenvalue weighted by molar-refractivity contribution is 7.89. The van der Waals surface area contributed by atoms with E-state index in [2.05, 4.69) is 34.5 Å². The van der Waals surface area contributed by atoms with Crippen LogP contribution in [0, 0.1) is 6.92 Å². The molecule has 1 N–H and O–H groups in total. The minimum absolute atomic E-state index is 0.168. The molecule has 7 nitrogen and oxygen atoms in total. The molecule has 182 valence electrons. The lowest BCUT2D eigenvalue weighted by molar-refractivity contribution is 0.0730. The van der Waals surface area contributed by atoms with Gasteiger partial charge in [-0.15, -0.1) is 0 Å². The molecule has 3 aromatic carbocycles. The molecule has 5 rings (SSSR count). The molecule has 0 spiro atoms. The van der Waals surface area contributed by atoms with Crippen LogP contribution >= 0.6 is 0 Å². The average Bonchev–Trinajstić information content (AvgIpc) is 2.90. The summed E-state index contributed by atoms with van der Waals surface area (Å²) >= 11 is 0. The van der Waals surface area contributed by atoms with Gasteiger partial charge in [0.25, 0.3) is 5.91 Å². The van der Waals surface area contributed by atoms with Crippen LogP contribution in [0.3, 0.4) is 0 Å². The molecular weight excluding hydrogens is 462 g/mol. The van der Waals surface area contributed by atoms with E-state index in [4.69, 9.17) is 4.74 Å². The molecule has 2 aliphatic rings. The Kier molecular flexibility index (Phi) is 6.60. The SMILES string of the molecule is Cc1ccc(S(=O)(=O)N2CCOCC2)cc1NC(=O)c1ccc(N2CCc3ccccc3C2)cc1. The molecule has 1 amide bonds. The third kappa shape index (κ3) is 4.96. The monoisotopic (exact) mass is 491 g/mol. The molecule has 2 heterocycles. The fourth-order valence-electron chi connectivity index (χ4n) is 4.57. The van der Waals surface area contributed by atoms with Gasteiger partial charge in [-0.1, -0.05) is 30.3 Å². The fourth-order valence-corrected chi connectivity index (χ4v) is 6.00. The highest BCUT2D eigenvalue weighted by Gasteiger charge is 2.27. The van der Waals surface area contributed by atoms with Crippen molar-refractivity contribution in [1.29, 1.82) is 0 Å². The van der Waals surface area contributed by atoms with E-state index in [1.165, 1.54) is 21.5 Å². The lowest BCUT2D eigenvalue weighted by atomic mass is 9.99. The fraction of sp³-hybridized carbons (Fsp3) is 0.296. The maximum absolute atomic E-state index is 13.0. The Bertz CT molecular complexity index is 1330. The number of nitrogens with zero attached hydrogens (tertiary/aromatic N) is 2. The van der Waals surface area contributed by atoms with Crippen molar-refractivity contribution < 1.29 is 17.9 Å². The number of benzene rings is 3. The molecule has 0 aromatic heterocycles. The third-order valence-corrected chi connectivity index (χ3v) is 8.58. The van der Waals surface area contributed by atoms with E-state index < -0.39 is 10.0 Å². The molecule has 0 aliphatic carbocycles. The number of nitrogens with one attached hydrogen (secondary N) is 1. The van der Waals surface area contributed by atoms with Crippen LogP contribution in [0.25, 0.3) is 0 Å². The first-order chi connectivity index (χ1) is 16.9. The van der Waals surface area contributed by atoms with Crippen LogP contribution in [0.15, 0.2) is 71.6 Å². The minimum atomic E-state index is -3.64. The van der Waals surface area contributed by atoms with Crippen LogP contribution in [0.2, 0.25) is 0 Å². The van der Waals surface area contributed by atoms with Crippen LogP contribution in [-0.4, -0.2) is 51.5 Å². The molecule has 2 aliphatic heterocycles. The summed E-state index contributed by atoms with van der Waals surface area (Å²) < 4.78 is 32.7. The van der Waals surface area contributed by atoms with Crippen LogP contribution < -0.4 is 10.2 Å². The molecule has 0 atom stereocenters. The first kappa shape index (κ1) is 23.5. The summed E-state index contributed by atoms with van der Waals surface area (Å²) in [6.07, 6.45) is 1.00. The first-order valence-corrected chi connectivity index (χ1v) is 13.3. The zero-order valence-corrected chi connectivity index (χ0v) is 20.6. The Labute approximate surface area is 206 Å². The van der Waals surface area contributed by atoms with Gasteiger partial charge >= 0.3 is 0 Å². The highest BCUT2D eigenvalue weighted by atomic mass is 32.2. The average molecular weight is 492 g/mol. The van der Waals surface area contributed by atoms with Gasteiger partial charge in [0.1, 0.15) is 0 Å². The largest absolute Gasteiger partial charge is 0.379 e. The number of rotatable bonds is 5. The maximum atomic E-state index is 13.0. The number of aryl methyl sites for hydroxylation is 1. The second-order valence-electron chi connectivity index (χ2n) is 8.93. The molecule has 35 heavy (non-hydrogen) atoms. The lowest BCUT2D eigenvalue weighted by Crippen LogP contribution is -2.40. The molecule has 0 unspecified atom stereocenters. The van der Waals surface area contributed by atoms with Crippen molar-refractivity contribution in [3.63, 3.8) is 0 Å². The van der Waals surface area contributed by atoms with E-state index in [1.54, 1.807) is 12.1 Å². The van der Waals surface area contributed by atoms with Crippen molar-refractivity contribution in [2.75, 3.05) is 43.1 Å². The van der Waals surface area contributed by atoms with Gasteiger partial charge in [0.05, 0.1) is 18.1 Å². The third-order valence-electron chi connectivity index (χ3n) is 6.69. The van der Waals surface area contributed by atoms with Gasteiger partial charge in [0.2, 0.25) is 10.0 Å². The first-order valence-electron chi connectivity index (χ1n) is 11.8. The number of fused-ring (bicyclic) bond motifs is 1.